The molecule has 0 spiro atoms. The molecule has 7 heteroatoms. The molecule has 1 saturated carbocycles. The average Bonchev–Trinajstić information content (AvgIpc) is 3.02. The Labute approximate surface area is 149 Å². The molecule has 0 radical (unpaired) electrons. The van der Waals surface area contributed by atoms with Gasteiger partial charge in [0.1, 0.15) is 5.82 Å². The van der Waals surface area contributed by atoms with Gasteiger partial charge in [0.15, 0.2) is 5.82 Å². The van der Waals surface area contributed by atoms with E-state index in [1.165, 1.54) is 17.8 Å². The first-order chi connectivity index (χ1) is 11.8. The summed E-state index contributed by atoms with van der Waals surface area (Å²) >= 11 is 0. The molecule has 0 amide bonds. The molecule has 0 bridgehead atoms. The summed E-state index contributed by atoms with van der Waals surface area (Å²) in [5, 5.41) is 12.7. The van der Waals surface area contributed by atoms with Crippen LogP contribution in [0.3, 0.4) is 0 Å². The van der Waals surface area contributed by atoms with Crippen LogP contribution in [0.2, 0.25) is 0 Å². The van der Waals surface area contributed by atoms with Crippen LogP contribution in [0.15, 0.2) is 4.52 Å². The van der Waals surface area contributed by atoms with Crippen molar-refractivity contribution >= 4 is 5.82 Å². The molecule has 7 nitrogen and oxygen atoms in total. The summed E-state index contributed by atoms with van der Waals surface area (Å²) in [4.78, 5) is 6.63. The quantitative estimate of drug-likeness (QED) is 0.831. The molecule has 138 valence electrons. The molecule has 1 aliphatic rings. The SMILES string of the molecule is Cc1nc(C2(NCc3c(C)nn(CC(C)C)c3N(C)C)CCC2)no1. The number of anilines is 1. The maximum atomic E-state index is 5.21. The van der Waals surface area contributed by atoms with Gasteiger partial charge in [0.2, 0.25) is 5.89 Å². The Balaban J connectivity index is 1.84. The maximum Gasteiger partial charge on any atom is 0.223 e. The Hall–Kier alpha value is -1.89. The predicted octanol–water partition coefficient (Wildman–Crippen LogP) is 2.77. The second kappa shape index (κ2) is 6.78. The van der Waals surface area contributed by atoms with Crippen molar-refractivity contribution in [2.45, 2.75) is 65.6 Å². The first kappa shape index (κ1) is 17.9. The van der Waals surface area contributed by atoms with E-state index in [1.807, 2.05) is 6.92 Å². The van der Waals surface area contributed by atoms with Gasteiger partial charge in [-0.1, -0.05) is 19.0 Å². The van der Waals surface area contributed by atoms with Crippen molar-refractivity contribution in [1.29, 1.82) is 0 Å². The smallest absolute Gasteiger partial charge is 0.223 e. The third kappa shape index (κ3) is 3.42. The zero-order valence-corrected chi connectivity index (χ0v) is 16.3. The highest BCUT2D eigenvalue weighted by Crippen LogP contribution is 2.40. The minimum Gasteiger partial charge on any atom is -0.363 e. The number of nitrogens with one attached hydrogen (secondary N) is 1. The van der Waals surface area contributed by atoms with Gasteiger partial charge in [-0.15, -0.1) is 0 Å². The van der Waals surface area contributed by atoms with Crippen molar-refractivity contribution in [2.75, 3.05) is 19.0 Å². The molecule has 1 aliphatic carbocycles. The summed E-state index contributed by atoms with van der Waals surface area (Å²) in [6.07, 6.45) is 3.28. The van der Waals surface area contributed by atoms with Gasteiger partial charge in [0.05, 0.1) is 11.2 Å². The Bertz CT molecular complexity index is 726. The lowest BCUT2D eigenvalue weighted by Gasteiger charge is -2.40. The van der Waals surface area contributed by atoms with E-state index in [0.29, 0.717) is 11.8 Å². The van der Waals surface area contributed by atoms with Crippen LogP contribution in [0.4, 0.5) is 5.82 Å². The molecule has 3 rings (SSSR count). The fourth-order valence-electron chi connectivity index (χ4n) is 3.55. The normalized spacial score (nSPS) is 16.3. The largest absolute Gasteiger partial charge is 0.363 e. The number of hydrogen-bond donors (Lipinski definition) is 1. The minimum absolute atomic E-state index is 0.159. The van der Waals surface area contributed by atoms with Gasteiger partial charge in [0.25, 0.3) is 0 Å². The lowest BCUT2D eigenvalue weighted by Crippen LogP contribution is -2.48. The van der Waals surface area contributed by atoms with E-state index in [0.717, 1.165) is 37.4 Å². The van der Waals surface area contributed by atoms with Crippen molar-refractivity contribution in [3.05, 3.63) is 23.0 Å². The van der Waals surface area contributed by atoms with Crippen molar-refractivity contribution in [2.24, 2.45) is 5.92 Å². The van der Waals surface area contributed by atoms with Crippen LogP contribution >= 0.6 is 0 Å². The fourth-order valence-corrected chi connectivity index (χ4v) is 3.55. The van der Waals surface area contributed by atoms with Crippen LogP contribution in [0.25, 0.3) is 0 Å². The Morgan fingerprint density at radius 3 is 2.48 bits per heavy atom. The lowest BCUT2D eigenvalue weighted by molar-refractivity contribution is 0.165. The van der Waals surface area contributed by atoms with Crippen LogP contribution in [-0.2, 0) is 18.6 Å². The van der Waals surface area contributed by atoms with Gasteiger partial charge in [0, 0.05) is 39.7 Å². The molecule has 2 aromatic heterocycles. The first-order valence-corrected chi connectivity index (χ1v) is 9.12. The fraction of sp³-hybridized carbons (Fsp3) is 0.722. The van der Waals surface area contributed by atoms with Gasteiger partial charge in [-0.3, -0.25) is 0 Å². The van der Waals surface area contributed by atoms with Crippen LogP contribution in [0, 0.1) is 19.8 Å². The number of aryl methyl sites for hydroxylation is 2. The monoisotopic (exact) mass is 346 g/mol. The highest BCUT2D eigenvalue weighted by molar-refractivity contribution is 5.49. The number of nitrogens with zero attached hydrogens (tertiary/aromatic N) is 5. The highest BCUT2D eigenvalue weighted by atomic mass is 16.5. The molecular formula is C18H30N6O. The van der Waals surface area contributed by atoms with Crippen LogP contribution in [0.5, 0.6) is 0 Å². The molecule has 0 unspecified atom stereocenters. The molecule has 0 saturated heterocycles. The van der Waals surface area contributed by atoms with E-state index in [9.17, 15) is 0 Å². The Morgan fingerprint density at radius 2 is 2.00 bits per heavy atom. The second-order valence-corrected chi connectivity index (χ2v) is 7.78. The van der Waals surface area contributed by atoms with Gasteiger partial charge in [-0.05, 0) is 32.1 Å². The standard InChI is InChI=1S/C18H30N6O/c1-12(2)11-24-16(23(5)6)15(13(3)21-24)10-19-18(8-7-9-18)17-20-14(4)25-22-17/h12,19H,7-11H2,1-6H3. The minimum atomic E-state index is -0.159. The van der Waals surface area contributed by atoms with Crippen LogP contribution in [-0.4, -0.2) is 34.0 Å². The van der Waals surface area contributed by atoms with E-state index >= 15 is 0 Å². The number of hydrogen-bond acceptors (Lipinski definition) is 6. The molecule has 0 atom stereocenters. The summed E-state index contributed by atoms with van der Waals surface area (Å²) in [7, 11) is 4.16. The second-order valence-electron chi connectivity index (χ2n) is 7.78. The summed E-state index contributed by atoms with van der Waals surface area (Å²) in [5.41, 5.74) is 2.17. The molecule has 2 heterocycles. The van der Waals surface area contributed by atoms with Crippen molar-refractivity contribution in [3.8, 4) is 0 Å². The van der Waals surface area contributed by atoms with E-state index in [4.69, 9.17) is 9.62 Å². The van der Waals surface area contributed by atoms with Gasteiger partial charge >= 0.3 is 0 Å². The van der Waals surface area contributed by atoms with E-state index in [2.05, 4.69) is 59.9 Å². The lowest BCUT2D eigenvalue weighted by atomic mass is 9.76. The van der Waals surface area contributed by atoms with Gasteiger partial charge < -0.3 is 14.7 Å². The van der Waals surface area contributed by atoms with Crippen molar-refractivity contribution in [1.82, 2.24) is 25.2 Å². The summed E-state index contributed by atoms with van der Waals surface area (Å²) in [5.74, 6) is 3.14. The molecule has 25 heavy (non-hydrogen) atoms. The van der Waals surface area contributed by atoms with Crippen molar-refractivity contribution < 1.29 is 4.52 Å². The molecule has 0 aromatic carbocycles. The molecular weight excluding hydrogens is 316 g/mol. The summed E-state index contributed by atoms with van der Waals surface area (Å²) in [6, 6.07) is 0. The summed E-state index contributed by atoms with van der Waals surface area (Å²) in [6.45, 7) is 10.0. The number of aromatic nitrogens is 4. The Morgan fingerprint density at radius 1 is 1.28 bits per heavy atom. The molecule has 1 fully saturated rings. The zero-order chi connectivity index (χ0) is 18.2. The third-order valence-electron chi connectivity index (χ3n) is 4.95. The average molecular weight is 346 g/mol. The number of rotatable bonds is 7. The Kier molecular flexibility index (Phi) is 4.86. The van der Waals surface area contributed by atoms with E-state index in [1.54, 1.807) is 0 Å². The van der Waals surface area contributed by atoms with E-state index in [-0.39, 0.29) is 5.54 Å². The predicted molar refractivity (Wildman–Crippen MR) is 97.5 cm³/mol. The maximum absolute atomic E-state index is 5.21. The molecule has 0 aliphatic heterocycles. The van der Waals surface area contributed by atoms with E-state index < -0.39 is 0 Å². The van der Waals surface area contributed by atoms with Gasteiger partial charge in [-0.25, -0.2) is 4.68 Å². The highest BCUT2D eigenvalue weighted by Gasteiger charge is 2.42. The molecule has 1 N–H and O–H groups in total. The first-order valence-electron chi connectivity index (χ1n) is 9.12. The molecule has 2 aromatic rings. The van der Waals surface area contributed by atoms with Gasteiger partial charge in [-0.2, -0.15) is 10.1 Å². The third-order valence-corrected chi connectivity index (χ3v) is 4.95. The summed E-state index contributed by atoms with van der Waals surface area (Å²) < 4.78 is 7.33. The van der Waals surface area contributed by atoms with Crippen LogP contribution in [0.1, 0.15) is 56.1 Å². The zero-order valence-electron chi connectivity index (χ0n) is 16.3. The van der Waals surface area contributed by atoms with Crippen molar-refractivity contribution in [3.63, 3.8) is 0 Å². The topological polar surface area (TPSA) is 72.0 Å². The van der Waals surface area contributed by atoms with Crippen LogP contribution < -0.4 is 10.2 Å².